The Morgan fingerprint density at radius 2 is 2.00 bits per heavy atom. The van der Waals surface area contributed by atoms with E-state index in [2.05, 4.69) is 6.58 Å². The minimum absolute atomic E-state index is 0.167. The van der Waals surface area contributed by atoms with Crippen molar-refractivity contribution >= 4 is 5.97 Å². The molecule has 7 nitrogen and oxygen atoms in total. The predicted octanol–water partition coefficient (Wildman–Crippen LogP) is -1.05. The maximum atomic E-state index is 11.1. The van der Waals surface area contributed by atoms with Crippen molar-refractivity contribution in [3.05, 3.63) is 12.2 Å². The van der Waals surface area contributed by atoms with Crippen LogP contribution in [0, 0.1) is 0 Å². The molecule has 4 atom stereocenters. The second kappa shape index (κ2) is 7.56. The average Bonchev–Trinajstić information content (AvgIpc) is 2.65. The monoisotopic (exact) mass is 276 g/mol. The lowest BCUT2D eigenvalue weighted by molar-refractivity contribution is -0.171. The van der Waals surface area contributed by atoms with Crippen LogP contribution in [0.3, 0.4) is 0 Å². The molecule has 0 bridgehead atoms. The number of aliphatic hydroxyl groups excluding tert-OH is 3. The van der Waals surface area contributed by atoms with E-state index in [1.54, 1.807) is 6.92 Å². The molecule has 0 saturated carbocycles. The summed E-state index contributed by atoms with van der Waals surface area (Å²) in [5.74, 6) is -0.465. The summed E-state index contributed by atoms with van der Waals surface area (Å²) in [6, 6.07) is 0. The van der Waals surface area contributed by atoms with Gasteiger partial charge in [0.1, 0.15) is 18.3 Å². The van der Waals surface area contributed by atoms with E-state index < -0.39 is 37.2 Å². The van der Waals surface area contributed by atoms with Crippen molar-refractivity contribution in [2.24, 2.45) is 0 Å². The Morgan fingerprint density at radius 1 is 1.32 bits per heavy atom. The van der Waals surface area contributed by atoms with Crippen LogP contribution in [0.4, 0.5) is 0 Å². The molecule has 0 radical (unpaired) electrons. The van der Waals surface area contributed by atoms with E-state index in [-0.39, 0.29) is 13.2 Å². The molecule has 1 saturated heterocycles. The molecule has 110 valence electrons. The Kier molecular flexibility index (Phi) is 6.40. The molecule has 0 aliphatic carbocycles. The van der Waals surface area contributed by atoms with Gasteiger partial charge in [-0.1, -0.05) is 6.58 Å². The van der Waals surface area contributed by atoms with Crippen molar-refractivity contribution in [3.8, 4) is 0 Å². The van der Waals surface area contributed by atoms with Gasteiger partial charge >= 0.3 is 5.97 Å². The van der Waals surface area contributed by atoms with Gasteiger partial charge in [-0.15, -0.1) is 0 Å². The van der Waals surface area contributed by atoms with Crippen LogP contribution in [-0.2, 0) is 19.0 Å². The number of rotatable bonds is 7. The lowest BCUT2D eigenvalue weighted by Crippen LogP contribution is -2.34. The van der Waals surface area contributed by atoms with Crippen LogP contribution in [0.1, 0.15) is 13.3 Å². The number of aliphatic hydroxyl groups is 3. The summed E-state index contributed by atoms with van der Waals surface area (Å²) in [6.45, 7) is 4.96. The molecule has 1 aliphatic heterocycles. The quantitative estimate of drug-likeness (QED) is 0.309. The van der Waals surface area contributed by atoms with Crippen LogP contribution in [0.15, 0.2) is 12.2 Å². The average molecular weight is 276 g/mol. The van der Waals surface area contributed by atoms with Gasteiger partial charge in [0.2, 0.25) is 0 Å². The summed E-state index contributed by atoms with van der Waals surface area (Å²) in [5, 5.41) is 27.9. The normalized spacial score (nSPS) is 30.3. The fourth-order valence-corrected chi connectivity index (χ4v) is 1.55. The van der Waals surface area contributed by atoms with Crippen LogP contribution in [0.2, 0.25) is 0 Å². The van der Waals surface area contributed by atoms with Crippen LogP contribution in [-0.4, -0.2) is 65.7 Å². The van der Waals surface area contributed by atoms with Crippen molar-refractivity contribution in [1.82, 2.24) is 0 Å². The maximum Gasteiger partial charge on any atom is 0.333 e. The second-order valence-electron chi connectivity index (χ2n) is 4.35. The van der Waals surface area contributed by atoms with Gasteiger partial charge in [0.15, 0.2) is 6.29 Å². The zero-order chi connectivity index (χ0) is 14.4. The molecule has 1 heterocycles. The lowest BCUT2D eigenvalue weighted by Gasteiger charge is -2.15. The highest BCUT2D eigenvalue weighted by atomic mass is 16.7. The third-order valence-electron chi connectivity index (χ3n) is 2.65. The van der Waals surface area contributed by atoms with Crippen LogP contribution in [0.5, 0.6) is 0 Å². The van der Waals surface area contributed by atoms with Crippen LogP contribution < -0.4 is 0 Å². The summed E-state index contributed by atoms with van der Waals surface area (Å²) in [6.07, 6.45) is -3.78. The Balaban J connectivity index is 2.16. The van der Waals surface area contributed by atoms with E-state index in [0.717, 1.165) is 0 Å². The topological polar surface area (TPSA) is 105 Å². The van der Waals surface area contributed by atoms with E-state index in [1.807, 2.05) is 0 Å². The first-order valence-corrected chi connectivity index (χ1v) is 6.04. The predicted molar refractivity (Wildman–Crippen MR) is 64.1 cm³/mol. The summed E-state index contributed by atoms with van der Waals surface area (Å²) in [7, 11) is 0. The molecule has 0 amide bonds. The lowest BCUT2D eigenvalue weighted by atomic mass is 10.1. The first-order chi connectivity index (χ1) is 8.97. The number of ether oxygens (including phenoxy) is 3. The number of carbonyl (C=O) groups is 1. The second-order valence-corrected chi connectivity index (χ2v) is 4.35. The molecule has 1 fully saturated rings. The smallest absolute Gasteiger partial charge is 0.333 e. The van der Waals surface area contributed by atoms with Gasteiger partial charge in [-0.25, -0.2) is 4.79 Å². The van der Waals surface area contributed by atoms with Crippen molar-refractivity contribution in [3.63, 3.8) is 0 Å². The van der Waals surface area contributed by atoms with Crippen molar-refractivity contribution < 1.29 is 34.3 Å². The van der Waals surface area contributed by atoms with Crippen molar-refractivity contribution in [2.75, 3.05) is 19.8 Å². The third-order valence-corrected chi connectivity index (χ3v) is 2.65. The molecule has 0 aromatic rings. The van der Waals surface area contributed by atoms with Gasteiger partial charge in [0.25, 0.3) is 0 Å². The van der Waals surface area contributed by atoms with E-state index in [9.17, 15) is 15.0 Å². The number of esters is 1. The van der Waals surface area contributed by atoms with Gasteiger partial charge in [-0.3, -0.25) is 0 Å². The van der Waals surface area contributed by atoms with Gasteiger partial charge in [-0.05, 0) is 6.92 Å². The minimum atomic E-state index is -1.20. The summed E-state index contributed by atoms with van der Waals surface area (Å²) >= 11 is 0. The van der Waals surface area contributed by atoms with Crippen molar-refractivity contribution in [1.29, 1.82) is 0 Å². The number of hydrogen-bond donors (Lipinski definition) is 3. The fraction of sp³-hybridized carbons (Fsp3) is 0.750. The minimum Gasteiger partial charge on any atom is -0.462 e. The Labute approximate surface area is 111 Å². The Hall–Kier alpha value is -0.990. The maximum absolute atomic E-state index is 11.1. The van der Waals surface area contributed by atoms with E-state index in [0.29, 0.717) is 12.0 Å². The highest BCUT2D eigenvalue weighted by molar-refractivity contribution is 5.86. The van der Waals surface area contributed by atoms with Gasteiger partial charge < -0.3 is 29.5 Å². The molecule has 1 unspecified atom stereocenters. The SMILES string of the molecule is C=C(C)C(=O)OCCCOC1O[C@H](CO)[C@@H](O)[C@H]1O. The zero-order valence-corrected chi connectivity index (χ0v) is 10.8. The third kappa shape index (κ3) is 4.55. The van der Waals surface area contributed by atoms with Crippen LogP contribution in [0.25, 0.3) is 0 Å². The fourth-order valence-electron chi connectivity index (χ4n) is 1.55. The molecule has 3 N–H and O–H groups in total. The van der Waals surface area contributed by atoms with E-state index in [4.69, 9.17) is 19.3 Å². The first-order valence-electron chi connectivity index (χ1n) is 6.04. The molecule has 0 spiro atoms. The number of carbonyl (C=O) groups excluding carboxylic acids is 1. The highest BCUT2D eigenvalue weighted by Gasteiger charge is 2.42. The van der Waals surface area contributed by atoms with Gasteiger partial charge in [-0.2, -0.15) is 0 Å². The standard InChI is InChI=1S/C12H20O7/c1-7(2)11(16)17-4-3-5-18-12-10(15)9(14)8(6-13)19-12/h8-10,12-15H,1,3-6H2,2H3/t8-,9-,10-,12?/m1/s1. The largest absolute Gasteiger partial charge is 0.462 e. The Morgan fingerprint density at radius 3 is 2.53 bits per heavy atom. The van der Waals surface area contributed by atoms with Crippen LogP contribution >= 0.6 is 0 Å². The molecule has 1 rings (SSSR count). The zero-order valence-electron chi connectivity index (χ0n) is 10.8. The van der Waals surface area contributed by atoms with Crippen molar-refractivity contribution in [2.45, 2.75) is 37.9 Å². The van der Waals surface area contributed by atoms with E-state index in [1.165, 1.54) is 0 Å². The first kappa shape index (κ1) is 16.1. The summed E-state index contributed by atoms with van der Waals surface area (Å²) in [4.78, 5) is 11.1. The molecule has 7 heteroatoms. The van der Waals surface area contributed by atoms with E-state index >= 15 is 0 Å². The highest BCUT2D eigenvalue weighted by Crippen LogP contribution is 2.21. The Bertz CT molecular complexity index is 317. The van der Waals surface area contributed by atoms with Gasteiger partial charge in [0, 0.05) is 12.0 Å². The molecule has 19 heavy (non-hydrogen) atoms. The number of hydrogen-bond acceptors (Lipinski definition) is 7. The molecule has 1 aliphatic rings. The summed E-state index contributed by atoms with van der Waals surface area (Å²) < 4.78 is 15.2. The molecule has 0 aromatic carbocycles. The molecule has 0 aromatic heterocycles. The molecular formula is C12H20O7. The summed E-state index contributed by atoms with van der Waals surface area (Å²) in [5.41, 5.74) is 0.323. The molecular weight excluding hydrogens is 256 g/mol. The van der Waals surface area contributed by atoms with Gasteiger partial charge in [0.05, 0.1) is 19.8 Å².